The lowest BCUT2D eigenvalue weighted by molar-refractivity contribution is -0.135. The molecule has 35 heavy (non-hydrogen) atoms. The van der Waals surface area contributed by atoms with Gasteiger partial charge in [0, 0.05) is 11.9 Å². The number of likely N-dealkylation sites (tertiary alicyclic amines) is 1. The highest BCUT2D eigenvalue weighted by atomic mass is 32.1. The number of nitrogens with one attached hydrogen (secondary N) is 1. The summed E-state index contributed by atoms with van der Waals surface area (Å²) in [6.07, 6.45) is 1.67. The summed E-state index contributed by atoms with van der Waals surface area (Å²) in [5.74, 6) is 0.127. The number of carbonyl (C=O) groups excluding carboxylic acids is 3. The van der Waals surface area contributed by atoms with Crippen molar-refractivity contribution in [2.45, 2.75) is 18.9 Å². The maximum atomic E-state index is 13.0. The van der Waals surface area contributed by atoms with Crippen molar-refractivity contribution in [3.63, 3.8) is 0 Å². The molecule has 1 fully saturated rings. The first-order valence-electron chi connectivity index (χ1n) is 11.4. The van der Waals surface area contributed by atoms with Crippen molar-refractivity contribution >= 4 is 34.8 Å². The van der Waals surface area contributed by atoms with Gasteiger partial charge in [0.15, 0.2) is 18.1 Å². The van der Waals surface area contributed by atoms with E-state index in [0.29, 0.717) is 42.5 Å². The molecule has 9 heteroatoms. The minimum absolute atomic E-state index is 0.116. The van der Waals surface area contributed by atoms with Crippen LogP contribution in [0.4, 0.5) is 5.69 Å². The lowest BCUT2D eigenvalue weighted by Crippen LogP contribution is -2.34. The second-order valence-corrected chi connectivity index (χ2v) is 9.02. The van der Waals surface area contributed by atoms with Gasteiger partial charge in [-0.3, -0.25) is 9.59 Å². The lowest BCUT2D eigenvalue weighted by Gasteiger charge is -2.26. The summed E-state index contributed by atoms with van der Waals surface area (Å²) in [6, 6.07) is 13.9. The molecule has 1 saturated heterocycles. The van der Waals surface area contributed by atoms with Gasteiger partial charge in [-0.1, -0.05) is 18.2 Å². The molecule has 3 heterocycles. The average molecular weight is 493 g/mol. The summed E-state index contributed by atoms with van der Waals surface area (Å²) < 4.78 is 16.6. The summed E-state index contributed by atoms with van der Waals surface area (Å²) in [5, 5.41) is 6.27. The van der Waals surface area contributed by atoms with E-state index < -0.39 is 5.97 Å². The molecule has 2 amide bonds. The first kappa shape index (κ1) is 22.9. The first-order valence-corrected chi connectivity index (χ1v) is 12.3. The molecule has 8 nitrogen and oxygen atoms in total. The number of carbonyl (C=O) groups is 3. The lowest BCUT2D eigenvalue weighted by atomic mass is 10.0. The van der Waals surface area contributed by atoms with Crippen LogP contribution in [0.5, 0.6) is 11.5 Å². The van der Waals surface area contributed by atoms with Crippen molar-refractivity contribution in [1.29, 1.82) is 0 Å². The first-order chi connectivity index (χ1) is 17.1. The molecule has 3 aromatic rings. The maximum Gasteiger partial charge on any atom is 0.340 e. The molecule has 0 radical (unpaired) electrons. The van der Waals surface area contributed by atoms with Crippen molar-refractivity contribution in [3.05, 3.63) is 76.0 Å². The number of nitrogens with zero attached hydrogens (tertiary/aromatic N) is 1. The number of hydrogen-bond acceptors (Lipinski definition) is 7. The van der Waals surface area contributed by atoms with Gasteiger partial charge in [0.2, 0.25) is 0 Å². The second kappa shape index (κ2) is 10.2. The largest absolute Gasteiger partial charge is 0.486 e. The van der Waals surface area contributed by atoms with Crippen LogP contribution in [-0.2, 0) is 9.53 Å². The molecule has 0 saturated carbocycles. The molecule has 5 rings (SSSR count). The second-order valence-electron chi connectivity index (χ2n) is 8.24. The maximum absolute atomic E-state index is 13.0. The summed E-state index contributed by atoms with van der Waals surface area (Å²) in [4.78, 5) is 39.9. The van der Waals surface area contributed by atoms with E-state index in [1.54, 1.807) is 46.0 Å². The molecule has 2 aliphatic rings. The van der Waals surface area contributed by atoms with Crippen molar-refractivity contribution in [3.8, 4) is 11.5 Å². The Balaban J connectivity index is 1.23. The highest BCUT2D eigenvalue weighted by Gasteiger charge is 2.31. The quantitative estimate of drug-likeness (QED) is 0.516. The van der Waals surface area contributed by atoms with Gasteiger partial charge in [-0.2, -0.15) is 11.3 Å². The van der Waals surface area contributed by atoms with Crippen LogP contribution in [0.3, 0.4) is 0 Å². The fourth-order valence-corrected chi connectivity index (χ4v) is 4.96. The molecule has 1 N–H and O–H groups in total. The van der Waals surface area contributed by atoms with Gasteiger partial charge in [0.1, 0.15) is 13.2 Å². The Morgan fingerprint density at radius 1 is 1.06 bits per heavy atom. The topological polar surface area (TPSA) is 94.2 Å². The zero-order valence-corrected chi connectivity index (χ0v) is 19.7. The number of anilines is 1. The number of ether oxygens (including phenoxy) is 3. The van der Waals surface area contributed by atoms with Gasteiger partial charge in [-0.25, -0.2) is 4.79 Å². The zero-order chi connectivity index (χ0) is 24.2. The molecule has 0 aliphatic carbocycles. The molecule has 1 unspecified atom stereocenters. The molecule has 1 aromatic heterocycles. The number of esters is 1. The number of thiophene rings is 1. The number of para-hydroxylation sites is 1. The number of amides is 2. The van der Waals surface area contributed by atoms with Crippen molar-refractivity contribution < 1.29 is 28.6 Å². The Bertz CT molecular complexity index is 1240. The Morgan fingerprint density at radius 2 is 1.89 bits per heavy atom. The third kappa shape index (κ3) is 5.00. The van der Waals surface area contributed by atoms with Gasteiger partial charge in [-0.05, 0) is 54.1 Å². The Hall–Kier alpha value is -3.85. The molecule has 180 valence electrons. The fraction of sp³-hybridized carbons (Fsp3) is 0.269. The molecular formula is C26H24N2O6S. The summed E-state index contributed by atoms with van der Waals surface area (Å²) >= 11 is 1.41. The number of benzene rings is 2. The van der Waals surface area contributed by atoms with Crippen molar-refractivity contribution in [2.24, 2.45) is 0 Å². The van der Waals surface area contributed by atoms with E-state index in [1.165, 1.54) is 11.3 Å². The van der Waals surface area contributed by atoms with E-state index in [4.69, 9.17) is 14.2 Å². The predicted octanol–water partition coefficient (Wildman–Crippen LogP) is 4.29. The molecular weight excluding hydrogens is 468 g/mol. The fourth-order valence-electron chi connectivity index (χ4n) is 4.33. The SMILES string of the molecule is O=C(Nc1ccccc1C(=O)OCC(=O)N1CCCC1c1ccc2c(c1)OCCO2)c1ccsc1. The predicted molar refractivity (Wildman–Crippen MR) is 130 cm³/mol. The summed E-state index contributed by atoms with van der Waals surface area (Å²) in [5.41, 5.74) is 1.99. The third-order valence-electron chi connectivity index (χ3n) is 6.03. The summed E-state index contributed by atoms with van der Waals surface area (Å²) in [6.45, 7) is 1.22. The van der Waals surface area contributed by atoms with E-state index in [2.05, 4.69) is 5.32 Å². The van der Waals surface area contributed by atoms with Crippen LogP contribution in [0.1, 0.15) is 45.2 Å². The van der Waals surface area contributed by atoms with Gasteiger partial charge in [0.05, 0.1) is 22.9 Å². The minimum Gasteiger partial charge on any atom is -0.486 e. The van der Waals surface area contributed by atoms with E-state index in [-0.39, 0.29) is 30.0 Å². The van der Waals surface area contributed by atoms with Gasteiger partial charge in [0.25, 0.3) is 11.8 Å². The van der Waals surface area contributed by atoms with Crippen LogP contribution in [0, 0.1) is 0 Å². The molecule has 0 spiro atoms. The van der Waals surface area contributed by atoms with Crippen LogP contribution < -0.4 is 14.8 Å². The molecule has 2 aromatic carbocycles. The standard InChI is InChI=1S/C26H24N2O6S/c29-24(28-10-3-6-21(28)17-7-8-22-23(14-17)33-12-11-32-22)15-34-26(31)19-4-1-2-5-20(19)27-25(30)18-9-13-35-16-18/h1-2,4-5,7-9,13-14,16,21H,3,6,10-12,15H2,(H,27,30). The smallest absolute Gasteiger partial charge is 0.340 e. The van der Waals surface area contributed by atoms with Crippen LogP contribution in [0.25, 0.3) is 0 Å². The highest BCUT2D eigenvalue weighted by molar-refractivity contribution is 7.08. The monoisotopic (exact) mass is 492 g/mol. The van der Waals surface area contributed by atoms with Gasteiger partial charge >= 0.3 is 5.97 Å². The van der Waals surface area contributed by atoms with Crippen LogP contribution in [-0.4, -0.2) is 49.0 Å². The van der Waals surface area contributed by atoms with Gasteiger partial charge in [-0.15, -0.1) is 0 Å². The minimum atomic E-state index is -0.672. The molecule has 0 bridgehead atoms. The van der Waals surface area contributed by atoms with Crippen LogP contribution >= 0.6 is 11.3 Å². The zero-order valence-electron chi connectivity index (χ0n) is 18.9. The Labute approximate surface area is 206 Å². The number of rotatable bonds is 6. The Kier molecular flexibility index (Phi) is 6.67. The number of fused-ring (bicyclic) bond motifs is 1. The van der Waals surface area contributed by atoms with E-state index in [9.17, 15) is 14.4 Å². The van der Waals surface area contributed by atoms with Crippen LogP contribution in [0.15, 0.2) is 59.3 Å². The van der Waals surface area contributed by atoms with Crippen molar-refractivity contribution in [1.82, 2.24) is 4.90 Å². The van der Waals surface area contributed by atoms with E-state index >= 15 is 0 Å². The molecule has 2 aliphatic heterocycles. The Morgan fingerprint density at radius 3 is 2.71 bits per heavy atom. The molecule has 1 atom stereocenters. The normalized spacial score (nSPS) is 16.6. The van der Waals surface area contributed by atoms with E-state index in [1.807, 2.05) is 18.2 Å². The number of hydrogen-bond donors (Lipinski definition) is 1. The van der Waals surface area contributed by atoms with E-state index in [0.717, 1.165) is 18.4 Å². The van der Waals surface area contributed by atoms with Crippen molar-refractivity contribution in [2.75, 3.05) is 31.7 Å². The third-order valence-corrected chi connectivity index (χ3v) is 6.71. The van der Waals surface area contributed by atoms with Gasteiger partial charge < -0.3 is 24.4 Å². The average Bonchev–Trinajstić information content (AvgIpc) is 3.60. The van der Waals surface area contributed by atoms with Crippen LogP contribution in [0.2, 0.25) is 0 Å². The highest BCUT2D eigenvalue weighted by Crippen LogP contribution is 2.38. The summed E-state index contributed by atoms with van der Waals surface area (Å²) in [7, 11) is 0.